The molecule has 0 aliphatic heterocycles. The Morgan fingerprint density at radius 2 is 1.94 bits per heavy atom. The van der Waals surface area contributed by atoms with Crippen LogP contribution in [0.3, 0.4) is 0 Å². The predicted octanol–water partition coefficient (Wildman–Crippen LogP) is 4.07. The molecule has 2 rings (SSSR count). The number of nitrogens with zero attached hydrogens (tertiary/aromatic N) is 3. The fourth-order valence-corrected chi connectivity index (χ4v) is 2.10. The fourth-order valence-electron chi connectivity index (χ4n) is 1.44. The van der Waals surface area contributed by atoms with Gasteiger partial charge >= 0.3 is 0 Å². The van der Waals surface area contributed by atoms with Crippen LogP contribution in [0.15, 0.2) is 28.4 Å². The molecule has 0 atom stereocenters. The Morgan fingerprint density at radius 3 is 2.59 bits per heavy atom. The minimum absolute atomic E-state index is 0.525. The average molecular weight is 246 g/mol. The van der Waals surface area contributed by atoms with E-state index in [1.807, 2.05) is 26.0 Å². The molecule has 0 radical (unpaired) electrons. The van der Waals surface area contributed by atoms with Gasteiger partial charge in [0.2, 0.25) is 0 Å². The lowest BCUT2D eigenvalue weighted by molar-refractivity contribution is 1.17. The van der Waals surface area contributed by atoms with Gasteiger partial charge in [-0.3, -0.25) is 0 Å². The first-order valence-electron chi connectivity index (χ1n) is 5.29. The summed E-state index contributed by atoms with van der Waals surface area (Å²) in [4.78, 5) is 4.11. The third-order valence-corrected chi connectivity index (χ3v) is 3.48. The number of rotatable bonds is 2. The third-order valence-electron chi connectivity index (χ3n) is 2.61. The minimum Gasteiger partial charge on any atom is -0.375 e. The number of nitrogens with two attached hydrogens (primary N) is 1. The van der Waals surface area contributed by atoms with Gasteiger partial charge in [0.25, 0.3) is 0 Å². The van der Waals surface area contributed by atoms with E-state index in [2.05, 4.69) is 28.2 Å². The van der Waals surface area contributed by atoms with Gasteiger partial charge in [0, 0.05) is 0 Å². The molecule has 0 fully saturated rings. The Kier molecular flexibility index (Phi) is 3.19. The summed E-state index contributed by atoms with van der Waals surface area (Å²) in [6.45, 7) is 5.98. The van der Waals surface area contributed by atoms with Crippen molar-refractivity contribution in [3.8, 4) is 0 Å². The molecule has 1 heterocycles. The molecule has 2 N–H and O–H groups in total. The van der Waals surface area contributed by atoms with Crippen LogP contribution in [0.5, 0.6) is 0 Å². The van der Waals surface area contributed by atoms with Gasteiger partial charge in [0.1, 0.15) is 0 Å². The number of benzene rings is 1. The van der Waals surface area contributed by atoms with E-state index in [0.29, 0.717) is 5.13 Å². The van der Waals surface area contributed by atoms with Gasteiger partial charge in [0.05, 0.1) is 11.4 Å². The largest absolute Gasteiger partial charge is 0.375 e. The van der Waals surface area contributed by atoms with Crippen molar-refractivity contribution < 1.29 is 0 Å². The van der Waals surface area contributed by atoms with Crippen LogP contribution >= 0.6 is 11.3 Å². The second-order valence-electron chi connectivity index (χ2n) is 3.86. The molecule has 0 unspecified atom stereocenters. The van der Waals surface area contributed by atoms with E-state index >= 15 is 0 Å². The third kappa shape index (κ3) is 2.50. The Hall–Kier alpha value is -1.75. The second kappa shape index (κ2) is 4.63. The minimum atomic E-state index is 0.525. The monoisotopic (exact) mass is 246 g/mol. The van der Waals surface area contributed by atoms with Crippen molar-refractivity contribution in [2.24, 2.45) is 10.2 Å². The van der Waals surface area contributed by atoms with E-state index in [1.54, 1.807) is 0 Å². The summed E-state index contributed by atoms with van der Waals surface area (Å²) in [6, 6.07) is 5.99. The van der Waals surface area contributed by atoms with E-state index in [0.717, 1.165) is 21.9 Å². The van der Waals surface area contributed by atoms with Crippen LogP contribution in [0.25, 0.3) is 0 Å². The van der Waals surface area contributed by atoms with Gasteiger partial charge in [-0.05, 0) is 38.0 Å². The Morgan fingerprint density at radius 1 is 1.18 bits per heavy atom. The molecule has 5 heteroatoms. The molecule has 0 saturated carbocycles. The number of nitrogen functional groups attached to an aromatic ring is 1. The number of azo groups is 1. The van der Waals surface area contributed by atoms with Gasteiger partial charge in [-0.2, -0.15) is 0 Å². The summed E-state index contributed by atoms with van der Waals surface area (Å²) < 4.78 is 0. The van der Waals surface area contributed by atoms with Crippen LogP contribution in [0, 0.1) is 20.8 Å². The summed E-state index contributed by atoms with van der Waals surface area (Å²) in [7, 11) is 0. The topological polar surface area (TPSA) is 63.6 Å². The summed E-state index contributed by atoms with van der Waals surface area (Å²) in [5.74, 6) is 0. The molecule has 0 amide bonds. The van der Waals surface area contributed by atoms with E-state index in [1.165, 1.54) is 16.9 Å². The Bertz CT molecular complexity index is 572. The average Bonchev–Trinajstić information content (AvgIpc) is 2.60. The molecule has 0 aliphatic carbocycles. The smallest absolute Gasteiger partial charge is 0.182 e. The van der Waals surface area contributed by atoms with Gasteiger partial charge in [0.15, 0.2) is 10.1 Å². The zero-order valence-electron chi connectivity index (χ0n) is 10.1. The second-order valence-corrected chi connectivity index (χ2v) is 4.87. The number of anilines is 1. The van der Waals surface area contributed by atoms with Gasteiger partial charge in [-0.15, -0.1) is 10.2 Å². The SMILES string of the molecule is Cc1cccc(N=Nc2sc(N)nc2C)c1C. The first-order valence-corrected chi connectivity index (χ1v) is 6.10. The zero-order chi connectivity index (χ0) is 12.4. The molecule has 0 aliphatic rings. The van der Waals surface area contributed by atoms with Crippen molar-refractivity contribution in [1.29, 1.82) is 0 Å². The van der Waals surface area contributed by atoms with Crippen molar-refractivity contribution in [3.05, 3.63) is 35.0 Å². The maximum Gasteiger partial charge on any atom is 0.182 e. The summed E-state index contributed by atoms with van der Waals surface area (Å²) in [5, 5.41) is 9.74. The molecular weight excluding hydrogens is 232 g/mol. The van der Waals surface area contributed by atoms with Crippen molar-refractivity contribution in [1.82, 2.24) is 4.98 Å². The highest BCUT2D eigenvalue weighted by Crippen LogP contribution is 2.31. The quantitative estimate of drug-likeness (QED) is 0.812. The molecule has 0 spiro atoms. The van der Waals surface area contributed by atoms with Crippen LogP contribution in [-0.4, -0.2) is 4.98 Å². The summed E-state index contributed by atoms with van der Waals surface area (Å²) in [6.07, 6.45) is 0. The predicted molar refractivity (Wildman–Crippen MR) is 71.4 cm³/mol. The van der Waals surface area contributed by atoms with Gasteiger partial charge < -0.3 is 5.73 Å². The number of hydrogen-bond donors (Lipinski definition) is 1. The standard InChI is InChI=1S/C12H14N4S/c1-7-5-4-6-10(8(7)2)15-16-11-9(3)14-12(13)17-11/h4-6H,1-3H3,(H2,13,14). The molecule has 0 saturated heterocycles. The molecule has 4 nitrogen and oxygen atoms in total. The van der Waals surface area contributed by atoms with Crippen molar-refractivity contribution in [3.63, 3.8) is 0 Å². The van der Waals surface area contributed by atoms with Gasteiger partial charge in [-0.25, -0.2) is 4.98 Å². The maximum absolute atomic E-state index is 5.61. The fraction of sp³-hybridized carbons (Fsp3) is 0.250. The zero-order valence-corrected chi connectivity index (χ0v) is 10.9. The molecule has 17 heavy (non-hydrogen) atoms. The van der Waals surface area contributed by atoms with E-state index < -0.39 is 0 Å². The van der Waals surface area contributed by atoms with Crippen LogP contribution in [-0.2, 0) is 0 Å². The summed E-state index contributed by atoms with van der Waals surface area (Å²) in [5.41, 5.74) is 9.67. The van der Waals surface area contributed by atoms with Crippen molar-refractivity contribution in [2.75, 3.05) is 5.73 Å². The van der Waals surface area contributed by atoms with Crippen LogP contribution in [0.2, 0.25) is 0 Å². The lowest BCUT2D eigenvalue weighted by atomic mass is 10.1. The van der Waals surface area contributed by atoms with E-state index in [4.69, 9.17) is 5.73 Å². The van der Waals surface area contributed by atoms with Crippen LogP contribution in [0.4, 0.5) is 15.8 Å². The van der Waals surface area contributed by atoms with Crippen LogP contribution < -0.4 is 5.73 Å². The number of thiazole rings is 1. The highest BCUT2D eigenvalue weighted by molar-refractivity contribution is 7.19. The molecule has 0 bridgehead atoms. The molecule has 88 valence electrons. The summed E-state index contributed by atoms with van der Waals surface area (Å²) >= 11 is 1.35. The lowest BCUT2D eigenvalue weighted by Crippen LogP contribution is -1.80. The van der Waals surface area contributed by atoms with Crippen LogP contribution in [0.1, 0.15) is 16.8 Å². The highest BCUT2D eigenvalue weighted by Gasteiger charge is 2.04. The van der Waals surface area contributed by atoms with Gasteiger partial charge in [-0.1, -0.05) is 23.5 Å². The molecular formula is C12H14N4S. The first kappa shape index (κ1) is 11.7. The van der Waals surface area contributed by atoms with Crippen molar-refractivity contribution in [2.45, 2.75) is 20.8 Å². The highest BCUT2D eigenvalue weighted by atomic mass is 32.1. The Labute approximate surface area is 104 Å². The van der Waals surface area contributed by atoms with E-state index in [9.17, 15) is 0 Å². The van der Waals surface area contributed by atoms with Crippen molar-refractivity contribution >= 4 is 27.2 Å². The van der Waals surface area contributed by atoms with E-state index in [-0.39, 0.29) is 0 Å². The first-order chi connectivity index (χ1) is 8.08. The number of hydrogen-bond acceptors (Lipinski definition) is 5. The lowest BCUT2D eigenvalue weighted by Gasteiger charge is -2.01. The molecule has 1 aromatic heterocycles. The Balaban J connectivity index is 2.32. The molecule has 1 aromatic carbocycles. The number of aromatic nitrogens is 1. The number of aryl methyl sites for hydroxylation is 2. The normalized spacial score (nSPS) is 11.2. The maximum atomic E-state index is 5.61. The molecule has 2 aromatic rings.